The van der Waals surface area contributed by atoms with E-state index < -0.39 is 28.5 Å². The first kappa shape index (κ1) is 22.6. The number of nitrogens with one attached hydrogen (secondary N) is 2. The maximum Gasteiger partial charge on any atom is 0.338 e. The van der Waals surface area contributed by atoms with Gasteiger partial charge in [0.1, 0.15) is 0 Å². The van der Waals surface area contributed by atoms with Crippen LogP contribution in [0.3, 0.4) is 0 Å². The molecule has 0 spiro atoms. The van der Waals surface area contributed by atoms with Gasteiger partial charge in [0.2, 0.25) is 15.9 Å². The first-order chi connectivity index (χ1) is 12.7. The van der Waals surface area contributed by atoms with Gasteiger partial charge >= 0.3 is 5.97 Å². The largest absolute Gasteiger partial charge is 0.452 e. The fraction of sp³-hybridized carbons (Fsp3) is 0.471. The Morgan fingerprint density at radius 1 is 1.11 bits per heavy atom. The van der Waals surface area contributed by atoms with Crippen molar-refractivity contribution in [1.82, 2.24) is 14.9 Å². The average molecular weight is 399 g/mol. The number of esters is 1. The Labute approximate surface area is 159 Å². The van der Waals surface area contributed by atoms with Gasteiger partial charge in [-0.2, -0.15) is 0 Å². The van der Waals surface area contributed by atoms with Crippen LogP contribution in [0.15, 0.2) is 29.2 Å². The van der Waals surface area contributed by atoms with E-state index in [9.17, 15) is 22.8 Å². The third-order valence-electron chi connectivity index (χ3n) is 3.44. The van der Waals surface area contributed by atoms with Crippen LogP contribution in [-0.2, 0) is 24.3 Å². The molecule has 0 bridgehead atoms. The molecular formula is C17H25N3O6S. The summed E-state index contributed by atoms with van der Waals surface area (Å²) >= 11 is 0. The maximum absolute atomic E-state index is 12.0. The van der Waals surface area contributed by atoms with E-state index in [1.807, 2.05) is 6.92 Å². The van der Waals surface area contributed by atoms with Crippen LogP contribution in [0.2, 0.25) is 0 Å². The lowest BCUT2D eigenvalue weighted by Crippen LogP contribution is -2.40. The molecule has 0 aliphatic carbocycles. The summed E-state index contributed by atoms with van der Waals surface area (Å²) in [4.78, 5) is 36.7. The van der Waals surface area contributed by atoms with Gasteiger partial charge in [-0.15, -0.1) is 0 Å². The molecule has 0 unspecified atom stereocenters. The van der Waals surface area contributed by atoms with Crippen LogP contribution < -0.4 is 10.0 Å². The number of benzene rings is 1. The van der Waals surface area contributed by atoms with Crippen LogP contribution in [0.25, 0.3) is 0 Å². The Balaban J connectivity index is 2.56. The Morgan fingerprint density at radius 3 is 2.30 bits per heavy atom. The Bertz CT molecular complexity index is 761. The maximum atomic E-state index is 12.0. The molecule has 150 valence electrons. The average Bonchev–Trinajstić information content (AvgIpc) is 2.64. The molecule has 2 amide bonds. The summed E-state index contributed by atoms with van der Waals surface area (Å²) in [5.74, 6) is -1.59. The lowest BCUT2D eigenvalue weighted by atomic mass is 10.2. The highest BCUT2D eigenvalue weighted by atomic mass is 32.2. The van der Waals surface area contributed by atoms with Crippen LogP contribution >= 0.6 is 0 Å². The molecule has 0 saturated heterocycles. The van der Waals surface area contributed by atoms with Crippen molar-refractivity contribution in [3.8, 4) is 0 Å². The number of nitrogens with zero attached hydrogens (tertiary/aromatic N) is 1. The monoisotopic (exact) mass is 399 g/mol. The van der Waals surface area contributed by atoms with E-state index in [-0.39, 0.29) is 29.5 Å². The molecule has 1 rings (SSSR count). The van der Waals surface area contributed by atoms with Gasteiger partial charge in [-0.1, -0.05) is 13.8 Å². The quantitative estimate of drug-likeness (QED) is 0.539. The summed E-state index contributed by atoms with van der Waals surface area (Å²) in [5.41, 5.74) is 0.113. The van der Waals surface area contributed by atoms with Gasteiger partial charge in [-0.25, -0.2) is 17.9 Å². The number of likely N-dealkylation sites (N-methyl/N-ethyl adjacent to an activating group) is 1. The molecule has 1 aromatic carbocycles. The van der Waals surface area contributed by atoms with E-state index in [0.29, 0.717) is 6.54 Å². The highest BCUT2D eigenvalue weighted by molar-refractivity contribution is 7.89. The van der Waals surface area contributed by atoms with Gasteiger partial charge in [-0.3, -0.25) is 9.59 Å². The van der Waals surface area contributed by atoms with Crippen molar-refractivity contribution in [2.75, 3.05) is 33.3 Å². The number of hydrogen-bond acceptors (Lipinski definition) is 6. The van der Waals surface area contributed by atoms with Crippen LogP contribution in [0.1, 0.15) is 30.6 Å². The van der Waals surface area contributed by atoms with E-state index in [1.54, 1.807) is 6.92 Å². The van der Waals surface area contributed by atoms with Gasteiger partial charge in [0.25, 0.3) is 5.91 Å². The van der Waals surface area contributed by atoms with Crippen molar-refractivity contribution in [2.24, 2.45) is 0 Å². The minimum atomic E-state index is -3.61. The molecule has 0 saturated carbocycles. The minimum Gasteiger partial charge on any atom is -0.452 e. The first-order valence-corrected chi connectivity index (χ1v) is 9.97. The van der Waals surface area contributed by atoms with E-state index in [2.05, 4.69) is 10.0 Å². The number of carbonyl (C=O) groups excluding carboxylic acids is 3. The zero-order chi connectivity index (χ0) is 20.4. The second-order valence-electron chi connectivity index (χ2n) is 5.70. The van der Waals surface area contributed by atoms with Crippen molar-refractivity contribution in [3.05, 3.63) is 29.8 Å². The second kappa shape index (κ2) is 10.6. The predicted molar refractivity (Wildman–Crippen MR) is 98.5 cm³/mol. The lowest BCUT2D eigenvalue weighted by Gasteiger charge is -2.16. The first-order valence-electron chi connectivity index (χ1n) is 8.48. The molecule has 0 aliphatic heterocycles. The molecule has 0 atom stereocenters. The molecule has 9 nitrogen and oxygen atoms in total. The van der Waals surface area contributed by atoms with Crippen LogP contribution in [-0.4, -0.2) is 64.4 Å². The Kier molecular flexibility index (Phi) is 8.89. The third-order valence-corrected chi connectivity index (χ3v) is 5.00. The van der Waals surface area contributed by atoms with Crippen molar-refractivity contribution in [1.29, 1.82) is 0 Å². The Hall–Kier alpha value is -2.46. The van der Waals surface area contributed by atoms with Crippen molar-refractivity contribution >= 4 is 27.8 Å². The van der Waals surface area contributed by atoms with Crippen molar-refractivity contribution in [2.45, 2.75) is 25.2 Å². The predicted octanol–water partition coefficient (Wildman–Crippen LogP) is 0.126. The summed E-state index contributed by atoms with van der Waals surface area (Å²) < 4.78 is 31.0. The molecule has 0 aromatic heterocycles. The van der Waals surface area contributed by atoms with Crippen LogP contribution in [0.4, 0.5) is 0 Å². The summed E-state index contributed by atoms with van der Waals surface area (Å²) in [6.45, 7) is 3.69. The standard InChI is InChI=1S/C17H25N3O6S/c1-4-10-18-15(21)11-20(3)16(22)12-26-17(23)13-6-8-14(9-7-13)27(24,25)19-5-2/h6-9,19H,4-5,10-12H2,1-3H3,(H,18,21). The van der Waals surface area contributed by atoms with Gasteiger partial charge in [0.15, 0.2) is 6.61 Å². The Morgan fingerprint density at radius 2 is 1.74 bits per heavy atom. The van der Waals surface area contributed by atoms with Crippen LogP contribution in [0.5, 0.6) is 0 Å². The van der Waals surface area contributed by atoms with E-state index >= 15 is 0 Å². The number of hydrogen-bond donors (Lipinski definition) is 2. The zero-order valence-corrected chi connectivity index (χ0v) is 16.5. The number of rotatable bonds is 10. The highest BCUT2D eigenvalue weighted by Gasteiger charge is 2.17. The molecule has 0 radical (unpaired) electrons. The number of carbonyl (C=O) groups is 3. The molecular weight excluding hydrogens is 374 g/mol. The summed E-state index contributed by atoms with van der Waals surface area (Å²) in [5, 5.41) is 2.64. The van der Waals surface area contributed by atoms with Crippen LogP contribution in [0, 0.1) is 0 Å². The summed E-state index contributed by atoms with van der Waals surface area (Å²) in [6.07, 6.45) is 0.787. The molecule has 0 heterocycles. The van der Waals surface area contributed by atoms with Crippen molar-refractivity contribution in [3.63, 3.8) is 0 Å². The normalized spacial score (nSPS) is 10.9. The summed E-state index contributed by atoms with van der Waals surface area (Å²) in [7, 11) is -2.18. The van der Waals surface area contributed by atoms with Gasteiger partial charge in [0, 0.05) is 20.1 Å². The lowest BCUT2D eigenvalue weighted by molar-refractivity contribution is -0.137. The SMILES string of the molecule is CCCNC(=O)CN(C)C(=O)COC(=O)c1ccc(S(=O)(=O)NCC)cc1. The third kappa shape index (κ3) is 7.35. The van der Waals surface area contributed by atoms with E-state index in [1.165, 1.54) is 31.3 Å². The smallest absolute Gasteiger partial charge is 0.338 e. The molecule has 0 fully saturated rings. The van der Waals surface area contributed by atoms with Gasteiger partial charge < -0.3 is 15.0 Å². The highest BCUT2D eigenvalue weighted by Crippen LogP contribution is 2.11. The van der Waals surface area contributed by atoms with Gasteiger partial charge in [0.05, 0.1) is 17.0 Å². The molecule has 2 N–H and O–H groups in total. The number of ether oxygens (including phenoxy) is 1. The topological polar surface area (TPSA) is 122 Å². The molecule has 1 aromatic rings. The minimum absolute atomic E-state index is 0.0230. The second-order valence-corrected chi connectivity index (χ2v) is 7.47. The van der Waals surface area contributed by atoms with Gasteiger partial charge in [-0.05, 0) is 30.7 Å². The molecule has 27 heavy (non-hydrogen) atoms. The molecule has 0 aliphatic rings. The summed E-state index contributed by atoms with van der Waals surface area (Å²) in [6, 6.07) is 5.17. The number of amides is 2. The fourth-order valence-electron chi connectivity index (χ4n) is 1.99. The van der Waals surface area contributed by atoms with E-state index in [4.69, 9.17) is 4.74 Å². The van der Waals surface area contributed by atoms with E-state index in [0.717, 1.165) is 11.3 Å². The zero-order valence-electron chi connectivity index (χ0n) is 15.6. The fourth-order valence-corrected chi connectivity index (χ4v) is 3.03. The number of sulfonamides is 1. The molecule has 10 heteroatoms. The van der Waals surface area contributed by atoms with Crippen molar-refractivity contribution < 1.29 is 27.5 Å².